The molecule has 0 saturated carbocycles. The van der Waals surface area contributed by atoms with Gasteiger partial charge in [0.1, 0.15) is 5.25 Å². The van der Waals surface area contributed by atoms with Crippen LogP contribution < -0.4 is 11.1 Å². The van der Waals surface area contributed by atoms with Gasteiger partial charge in [0.25, 0.3) is 5.91 Å². The molecule has 2 rings (SSSR count). The summed E-state index contributed by atoms with van der Waals surface area (Å²) < 4.78 is 5.22. The molecular formula is C18H18N2O4S. The summed E-state index contributed by atoms with van der Waals surface area (Å²) in [5.41, 5.74) is 5.65. The highest BCUT2D eigenvalue weighted by atomic mass is 32.2. The van der Waals surface area contributed by atoms with Crippen molar-refractivity contribution in [3.05, 3.63) is 66.2 Å². The van der Waals surface area contributed by atoms with E-state index in [0.717, 1.165) is 10.5 Å². The normalized spacial score (nSPS) is 12.7. The van der Waals surface area contributed by atoms with Crippen molar-refractivity contribution in [3.8, 4) is 0 Å². The van der Waals surface area contributed by atoms with Crippen molar-refractivity contribution in [2.24, 2.45) is 5.73 Å². The number of hydrogen-bond donors (Lipinski definition) is 2. The fraction of sp³-hybridized carbons (Fsp3) is 0.167. The van der Waals surface area contributed by atoms with Gasteiger partial charge in [0.15, 0.2) is 6.10 Å². The Hall–Kier alpha value is -2.80. The monoisotopic (exact) mass is 358 g/mol. The Morgan fingerprint density at radius 3 is 2.12 bits per heavy atom. The van der Waals surface area contributed by atoms with E-state index < -0.39 is 29.3 Å². The first-order chi connectivity index (χ1) is 12.0. The molecule has 2 aromatic carbocycles. The average Bonchev–Trinajstić information content (AvgIpc) is 2.60. The number of imide groups is 1. The zero-order chi connectivity index (χ0) is 18.2. The molecule has 0 radical (unpaired) electrons. The van der Waals surface area contributed by atoms with Gasteiger partial charge >= 0.3 is 12.0 Å². The Kier molecular flexibility index (Phi) is 6.59. The summed E-state index contributed by atoms with van der Waals surface area (Å²) in [5, 5.41) is 1.25. The fourth-order valence-corrected chi connectivity index (χ4v) is 3.06. The quantitative estimate of drug-likeness (QED) is 0.611. The Labute approximate surface area is 149 Å². The van der Waals surface area contributed by atoms with E-state index in [9.17, 15) is 14.4 Å². The molecule has 3 N–H and O–H groups in total. The number of nitrogens with two attached hydrogens (primary N) is 1. The zero-order valence-electron chi connectivity index (χ0n) is 13.5. The minimum Gasteiger partial charge on any atom is -0.451 e. The van der Waals surface area contributed by atoms with Crippen LogP contribution in [0.5, 0.6) is 0 Å². The number of esters is 1. The lowest BCUT2D eigenvalue weighted by Crippen LogP contribution is -2.42. The maximum atomic E-state index is 12.6. The summed E-state index contributed by atoms with van der Waals surface area (Å²) >= 11 is 1.32. The first kappa shape index (κ1) is 18.5. The maximum Gasteiger partial charge on any atom is 0.324 e. The number of nitrogens with one attached hydrogen (secondary N) is 1. The van der Waals surface area contributed by atoms with Crippen LogP contribution in [-0.2, 0) is 14.3 Å². The second-order valence-electron chi connectivity index (χ2n) is 5.15. The lowest BCUT2D eigenvalue weighted by molar-refractivity contribution is -0.154. The standard InChI is InChI=1S/C18H18N2O4S/c1-12(16(21)20-18(19)23)24-17(22)15(13-8-4-2-5-9-13)25-14-10-6-3-7-11-14/h2-12,15H,1H3,(H3,19,20,21,23)/t12-,15+/m0/s1. The molecule has 0 aliphatic rings. The first-order valence-corrected chi connectivity index (χ1v) is 8.43. The van der Waals surface area contributed by atoms with Crippen LogP contribution in [-0.4, -0.2) is 24.0 Å². The average molecular weight is 358 g/mol. The third kappa shape index (κ3) is 5.65. The molecule has 0 aliphatic carbocycles. The van der Waals surface area contributed by atoms with Gasteiger partial charge in [-0.15, -0.1) is 11.8 Å². The van der Waals surface area contributed by atoms with Crippen molar-refractivity contribution in [2.45, 2.75) is 23.2 Å². The minimum absolute atomic E-state index is 0.577. The van der Waals surface area contributed by atoms with E-state index in [1.54, 1.807) is 0 Å². The molecule has 0 saturated heterocycles. The van der Waals surface area contributed by atoms with Gasteiger partial charge in [-0.2, -0.15) is 0 Å². The predicted octanol–water partition coefficient (Wildman–Crippen LogP) is 2.65. The van der Waals surface area contributed by atoms with E-state index in [1.165, 1.54) is 18.7 Å². The van der Waals surface area contributed by atoms with Crippen molar-refractivity contribution in [1.82, 2.24) is 5.32 Å². The summed E-state index contributed by atoms with van der Waals surface area (Å²) in [6.45, 7) is 1.38. The van der Waals surface area contributed by atoms with Crippen LogP contribution in [0.15, 0.2) is 65.6 Å². The first-order valence-electron chi connectivity index (χ1n) is 7.55. The maximum absolute atomic E-state index is 12.6. The third-order valence-electron chi connectivity index (χ3n) is 3.22. The highest BCUT2D eigenvalue weighted by molar-refractivity contribution is 8.00. The number of carbonyl (C=O) groups is 3. The summed E-state index contributed by atoms with van der Waals surface area (Å²) in [4.78, 5) is 36.0. The van der Waals surface area contributed by atoms with E-state index >= 15 is 0 Å². The summed E-state index contributed by atoms with van der Waals surface area (Å²) in [7, 11) is 0. The molecule has 0 bridgehead atoms. The molecule has 2 atom stereocenters. The number of urea groups is 1. The van der Waals surface area contributed by atoms with Crippen molar-refractivity contribution < 1.29 is 19.1 Å². The fourth-order valence-electron chi connectivity index (χ4n) is 2.03. The predicted molar refractivity (Wildman–Crippen MR) is 94.8 cm³/mol. The lowest BCUT2D eigenvalue weighted by Gasteiger charge is -2.19. The molecular weight excluding hydrogens is 340 g/mol. The molecule has 0 aromatic heterocycles. The summed E-state index contributed by atoms with van der Waals surface area (Å²) in [6.07, 6.45) is -1.14. The van der Waals surface area contributed by atoms with E-state index in [2.05, 4.69) is 0 Å². The van der Waals surface area contributed by atoms with Crippen molar-refractivity contribution in [2.75, 3.05) is 0 Å². The molecule has 25 heavy (non-hydrogen) atoms. The molecule has 7 heteroatoms. The van der Waals surface area contributed by atoms with Gasteiger partial charge in [-0.05, 0) is 24.6 Å². The lowest BCUT2D eigenvalue weighted by atomic mass is 10.1. The van der Waals surface area contributed by atoms with Crippen LogP contribution in [0.25, 0.3) is 0 Å². The van der Waals surface area contributed by atoms with E-state index in [1.807, 2.05) is 66.0 Å². The van der Waals surface area contributed by atoms with Gasteiger partial charge in [-0.3, -0.25) is 14.9 Å². The van der Waals surface area contributed by atoms with Gasteiger partial charge in [0, 0.05) is 4.90 Å². The molecule has 3 amide bonds. The van der Waals surface area contributed by atoms with Crippen LogP contribution >= 0.6 is 11.8 Å². The molecule has 0 spiro atoms. The number of thioether (sulfide) groups is 1. The smallest absolute Gasteiger partial charge is 0.324 e. The number of ether oxygens (including phenoxy) is 1. The minimum atomic E-state index is -1.14. The van der Waals surface area contributed by atoms with Crippen molar-refractivity contribution in [3.63, 3.8) is 0 Å². The van der Waals surface area contributed by atoms with Crippen LogP contribution in [0, 0.1) is 0 Å². The van der Waals surface area contributed by atoms with E-state index in [-0.39, 0.29) is 0 Å². The van der Waals surface area contributed by atoms with Gasteiger partial charge in [0.05, 0.1) is 0 Å². The number of hydrogen-bond acceptors (Lipinski definition) is 5. The highest BCUT2D eigenvalue weighted by Crippen LogP contribution is 2.36. The van der Waals surface area contributed by atoms with Crippen molar-refractivity contribution >= 4 is 29.7 Å². The molecule has 0 aliphatic heterocycles. The van der Waals surface area contributed by atoms with Crippen LogP contribution in [0.4, 0.5) is 4.79 Å². The Morgan fingerprint density at radius 2 is 1.56 bits per heavy atom. The van der Waals surface area contributed by atoms with Gasteiger partial charge in [-0.1, -0.05) is 48.5 Å². The number of carbonyl (C=O) groups excluding carboxylic acids is 3. The number of rotatable bonds is 6. The van der Waals surface area contributed by atoms with Crippen molar-refractivity contribution in [1.29, 1.82) is 0 Å². The molecule has 0 unspecified atom stereocenters. The van der Waals surface area contributed by atoms with Crippen LogP contribution in [0.3, 0.4) is 0 Å². The second kappa shape index (κ2) is 8.89. The number of primary amides is 1. The summed E-state index contributed by atoms with van der Waals surface area (Å²) in [6, 6.07) is 17.5. The Balaban J connectivity index is 2.16. The zero-order valence-corrected chi connectivity index (χ0v) is 14.4. The van der Waals surface area contributed by atoms with Gasteiger partial charge in [0.2, 0.25) is 0 Å². The molecule has 130 valence electrons. The molecule has 0 fully saturated rings. The van der Waals surface area contributed by atoms with E-state index in [0.29, 0.717) is 0 Å². The molecule has 0 heterocycles. The molecule has 2 aromatic rings. The third-order valence-corrected chi connectivity index (χ3v) is 4.47. The number of benzene rings is 2. The van der Waals surface area contributed by atoms with E-state index in [4.69, 9.17) is 10.5 Å². The molecule has 6 nitrogen and oxygen atoms in total. The second-order valence-corrected chi connectivity index (χ2v) is 6.33. The topological polar surface area (TPSA) is 98.5 Å². The Morgan fingerprint density at radius 1 is 1.00 bits per heavy atom. The van der Waals surface area contributed by atoms with Gasteiger partial charge < -0.3 is 10.5 Å². The number of amides is 3. The summed E-state index contributed by atoms with van der Waals surface area (Å²) in [5.74, 6) is -1.34. The largest absolute Gasteiger partial charge is 0.451 e. The van der Waals surface area contributed by atoms with Crippen LogP contribution in [0.1, 0.15) is 17.7 Å². The SMILES string of the molecule is C[C@H](OC(=O)[C@H](Sc1ccccc1)c1ccccc1)C(=O)NC(N)=O. The highest BCUT2D eigenvalue weighted by Gasteiger charge is 2.27. The van der Waals surface area contributed by atoms with Crippen LogP contribution in [0.2, 0.25) is 0 Å². The Bertz CT molecular complexity index is 737. The van der Waals surface area contributed by atoms with Gasteiger partial charge in [-0.25, -0.2) is 4.79 Å².